The molecule has 7 heteroatoms. The number of amides is 2. The summed E-state index contributed by atoms with van der Waals surface area (Å²) in [6.45, 7) is 1.65. The van der Waals surface area contributed by atoms with Crippen LogP contribution < -0.4 is 0 Å². The third-order valence-electron chi connectivity index (χ3n) is 5.46. The number of halogens is 2. The molecule has 0 saturated carbocycles. The maximum atomic E-state index is 14.0. The first-order valence-electron chi connectivity index (χ1n) is 9.26. The molecule has 0 bridgehead atoms. The van der Waals surface area contributed by atoms with Gasteiger partial charge in [0.1, 0.15) is 5.82 Å². The van der Waals surface area contributed by atoms with Crippen molar-refractivity contribution in [1.29, 1.82) is 0 Å². The van der Waals surface area contributed by atoms with Gasteiger partial charge in [-0.05, 0) is 37.1 Å². The lowest BCUT2D eigenvalue weighted by Gasteiger charge is -2.44. The van der Waals surface area contributed by atoms with Crippen molar-refractivity contribution in [3.8, 4) is 0 Å². The van der Waals surface area contributed by atoms with Gasteiger partial charge in [-0.3, -0.25) is 9.59 Å². The second-order valence-electron chi connectivity index (χ2n) is 7.00. The van der Waals surface area contributed by atoms with Gasteiger partial charge in [0.25, 0.3) is 11.8 Å². The lowest BCUT2D eigenvalue weighted by molar-refractivity contribution is 0.0496. The van der Waals surface area contributed by atoms with E-state index in [1.165, 1.54) is 12.1 Å². The number of benzene rings is 2. The monoisotopic (exact) mass is 418 g/mol. The number of hydrogen-bond donors (Lipinski definition) is 0. The third kappa shape index (κ3) is 3.40. The van der Waals surface area contributed by atoms with Gasteiger partial charge < -0.3 is 9.80 Å². The number of piperidine rings is 1. The first-order chi connectivity index (χ1) is 13.5. The third-order valence-corrected chi connectivity index (χ3v) is 7.35. The van der Waals surface area contributed by atoms with Crippen LogP contribution in [0.4, 0.5) is 4.39 Å². The van der Waals surface area contributed by atoms with Crippen molar-refractivity contribution in [2.45, 2.75) is 17.7 Å². The molecule has 2 fully saturated rings. The summed E-state index contributed by atoms with van der Waals surface area (Å²) in [7, 11) is 0. The second-order valence-corrected chi connectivity index (χ2v) is 8.87. The molecule has 0 aromatic heterocycles. The van der Waals surface area contributed by atoms with E-state index in [4.69, 9.17) is 11.6 Å². The quantitative estimate of drug-likeness (QED) is 0.730. The molecule has 0 unspecified atom stereocenters. The Kier molecular flexibility index (Phi) is 5.34. The van der Waals surface area contributed by atoms with E-state index in [0.29, 0.717) is 43.1 Å². The van der Waals surface area contributed by atoms with Crippen LogP contribution >= 0.6 is 23.4 Å². The minimum atomic E-state index is -0.501. The Morgan fingerprint density at radius 3 is 2.25 bits per heavy atom. The SMILES string of the molecule is O=C(c1ccccc1F)N1CCC2(CC1)SCCN2C(=O)c1ccccc1Cl. The maximum Gasteiger partial charge on any atom is 0.256 e. The van der Waals surface area contributed by atoms with Gasteiger partial charge >= 0.3 is 0 Å². The zero-order chi connectivity index (χ0) is 19.7. The van der Waals surface area contributed by atoms with Gasteiger partial charge in [-0.15, -0.1) is 11.8 Å². The van der Waals surface area contributed by atoms with E-state index >= 15 is 0 Å². The van der Waals surface area contributed by atoms with Crippen molar-refractivity contribution >= 4 is 35.2 Å². The molecule has 146 valence electrons. The molecule has 28 heavy (non-hydrogen) atoms. The van der Waals surface area contributed by atoms with Crippen molar-refractivity contribution in [2.24, 2.45) is 0 Å². The van der Waals surface area contributed by atoms with E-state index in [0.717, 1.165) is 5.75 Å². The van der Waals surface area contributed by atoms with Crippen LogP contribution in [0.2, 0.25) is 5.02 Å². The Bertz CT molecular complexity index is 915. The molecule has 2 saturated heterocycles. The van der Waals surface area contributed by atoms with Gasteiger partial charge in [-0.2, -0.15) is 0 Å². The van der Waals surface area contributed by atoms with Crippen LogP contribution in [0.5, 0.6) is 0 Å². The van der Waals surface area contributed by atoms with Crippen molar-refractivity contribution in [1.82, 2.24) is 9.80 Å². The summed E-state index contributed by atoms with van der Waals surface area (Å²) in [6.07, 6.45) is 1.32. The van der Waals surface area contributed by atoms with E-state index in [-0.39, 0.29) is 22.2 Å². The highest BCUT2D eigenvalue weighted by molar-refractivity contribution is 8.00. The number of likely N-dealkylation sites (tertiary alicyclic amines) is 1. The Hall–Kier alpha value is -2.05. The lowest BCUT2D eigenvalue weighted by Crippen LogP contribution is -2.53. The van der Waals surface area contributed by atoms with Gasteiger partial charge in [0.05, 0.1) is 21.0 Å². The fourth-order valence-corrected chi connectivity index (χ4v) is 5.63. The van der Waals surface area contributed by atoms with Crippen molar-refractivity contribution in [3.05, 3.63) is 70.5 Å². The molecule has 2 aromatic rings. The largest absolute Gasteiger partial charge is 0.338 e. The zero-order valence-corrected chi connectivity index (χ0v) is 16.8. The predicted octanol–water partition coefficient (Wildman–Crippen LogP) is 4.30. The predicted molar refractivity (Wildman–Crippen MR) is 109 cm³/mol. The first kappa shape index (κ1) is 19.3. The Morgan fingerprint density at radius 2 is 1.57 bits per heavy atom. The molecular formula is C21H20ClFN2O2S. The number of rotatable bonds is 2. The minimum Gasteiger partial charge on any atom is -0.338 e. The smallest absolute Gasteiger partial charge is 0.256 e. The summed E-state index contributed by atoms with van der Waals surface area (Å²) >= 11 is 7.99. The van der Waals surface area contributed by atoms with Crippen LogP contribution in [0.3, 0.4) is 0 Å². The number of thioether (sulfide) groups is 1. The van der Waals surface area contributed by atoms with Gasteiger partial charge in [0.15, 0.2) is 0 Å². The fourth-order valence-electron chi connectivity index (χ4n) is 3.95. The highest BCUT2D eigenvalue weighted by Gasteiger charge is 2.47. The number of hydrogen-bond acceptors (Lipinski definition) is 3. The highest BCUT2D eigenvalue weighted by atomic mass is 35.5. The van der Waals surface area contributed by atoms with Gasteiger partial charge in [-0.25, -0.2) is 4.39 Å². The number of carbonyl (C=O) groups excluding carboxylic acids is 2. The van der Waals surface area contributed by atoms with E-state index in [1.807, 2.05) is 11.0 Å². The summed E-state index contributed by atoms with van der Waals surface area (Å²) in [5, 5.41) is 0.451. The molecule has 2 aliphatic rings. The Labute approximate surface area is 172 Å². The topological polar surface area (TPSA) is 40.6 Å². The van der Waals surface area contributed by atoms with E-state index in [9.17, 15) is 14.0 Å². The average molecular weight is 419 g/mol. The summed E-state index contributed by atoms with van der Waals surface area (Å²) in [5.74, 6) is 0.000213. The number of carbonyl (C=O) groups is 2. The van der Waals surface area contributed by atoms with Crippen LogP contribution in [0.25, 0.3) is 0 Å². The molecule has 1 spiro atoms. The van der Waals surface area contributed by atoms with Gasteiger partial charge in [0.2, 0.25) is 0 Å². The molecular weight excluding hydrogens is 399 g/mol. The molecule has 0 N–H and O–H groups in total. The Morgan fingerprint density at radius 1 is 0.929 bits per heavy atom. The fraction of sp³-hybridized carbons (Fsp3) is 0.333. The molecule has 4 rings (SSSR count). The second kappa shape index (κ2) is 7.76. The summed E-state index contributed by atoms with van der Waals surface area (Å²) in [4.78, 5) is 29.1. The van der Waals surface area contributed by atoms with Crippen LogP contribution in [-0.4, -0.2) is 51.9 Å². The zero-order valence-electron chi connectivity index (χ0n) is 15.2. The maximum absolute atomic E-state index is 14.0. The van der Waals surface area contributed by atoms with Gasteiger partial charge in [-0.1, -0.05) is 35.9 Å². The summed E-state index contributed by atoms with van der Waals surface area (Å²) < 4.78 is 14.0. The van der Waals surface area contributed by atoms with Crippen LogP contribution in [-0.2, 0) is 0 Å². The Balaban J connectivity index is 1.50. The van der Waals surface area contributed by atoms with Crippen molar-refractivity contribution in [3.63, 3.8) is 0 Å². The molecule has 2 aliphatic heterocycles. The van der Waals surface area contributed by atoms with E-state index in [1.54, 1.807) is 47.0 Å². The van der Waals surface area contributed by atoms with Crippen molar-refractivity contribution < 1.29 is 14.0 Å². The molecule has 2 aromatic carbocycles. The lowest BCUT2D eigenvalue weighted by atomic mass is 10.00. The molecule has 4 nitrogen and oxygen atoms in total. The summed E-state index contributed by atoms with van der Waals surface area (Å²) in [5.41, 5.74) is 0.609. The highest BCUT2D eigenvalue weighted by Crippen LogP contribution is 2.45. The van der Waals surface area contributed by atoms with Crippen LogP contribution in [0.15, 0.2) is 48.5 Å². The molecule has 2 heterocycles. The summed E-state index contributed by atoms with van der Waals surface area (Å²) in [6, 6.07) is 13.1. The first-order valence-corrected chi connectivity index (χ1v) is 10.6. The van der Waals surface area contributed by atoms with Crippen molar-refractivity contribution in [2.75, 3.05) is 25.4 Å². The normalized spacial score (nSPS) is 18.5. The van der Waals surface area contributed by atoms with E-state index < -0.39 is 5.82 Å². The minimum absolute atomic E-state index is 0.0653. The van der Waals surface area contributed by atoms with E-state index in [2.05, 4.69) is 0 Å². The molecule has 0 aliphatic carbocycles. The average Bonchev–Trinajstić information content (AvgIpc) is 3.11. The molecule has 0 atom stereocenters. The molecule has 0 radical (unpaired) electrons. The van der Waals surface area contributed by atoms with Crippen LogP contribution in [0, 0.1) is 5.82 Å². The van der Waals surface area contributed by atoms with Crippen LogP contribution in [0.1, 0.15) is 33.6 Å². The number of nitrogens with zero attached hydrogens (tertiary/aromatic N) is 2. The van der Waals surface area contributed by atoms with Gasteiger partial charge in [0, 0.05) is 25.4 Å². The molecule has 2 amide bonds. The standard InChI is InChI=1S/C21H20ClFN2O2S/c22-17-7-3-1-5-15(17)20(27)25-13-14-28-21(25)9-11-24(12-10-21)19(26)16-6-2-4-8-18(16)23/h1-8H,9-14H2.